The largest absolute Gasteiger partial charge is 0.481 e. The van der Waals surface area contributed by atoms with Crippen molar-refractivity contribution in [2.45, 2.75) is 24.4 Å². The monoisotopic (exact) mass is 247 g/mol. The Bertz CT molecular complexity index is 479. The van der Waals surface area contributed by atoms with Crippen LogP contribution < -0.4 is 4.72 Å². The Kier molecular flexibility index (Phi) is 3.66. The molecule has 0 saturated carbocycles. The number of nitrogens with zero attached hydrogens (tertiary/aromatic N) is 2. The standard InChI is InChI=1S/C8H13N3O4S/c1-6(5-8(12)13)10-16(14,15)7-3-4-9-11(7)2/h3-4,6,10H,5H2,1-2H3,(H,12,13). The number of carbonyl (C=O) groups is 1. The fourth-order valence-electron chi connectivity index (χ4n) is 1.25. The number of carboxylic acids is 1. The van der Waals surface area contributed by atoms with Crippen LogP contribution in [-0.2, 0) is 21.9 Å². The van der Waals surface area contributed by atoms with Crippen molar-refractivity contribution in [3.63, 3.8) is 0 Å². The Morgan fingerprint density at radius 1 is 1.69 bits per heavy atom. The maximum Gasteiger partial charge on any atom is 0.304 e. The topological polar surface area (TPSA) is 101 Å². The molecule has 1 rings (SSSR count). The Labute approximate surface area is 93.1 Å². The highest BCUT2D eigenvalue weighted by Gasteiger charge is 2.21. The van der Waals surface area contributed by atoms with Crippen molar-refractivity contribution in [2.75, 3.05) is 0 Å². The summed E-state index contributed by atoms with van der Waals surface area (Å²) in [5.41, 5.74) is 0. The maximum atomic E-state index is 11.7. The summed E-state index contributed by atoms with van der Waals surface area (Å²) < 4.78 is 26.9. The zero-order valence-electron chi connectivity index (χ0n) is 8.91. The minimum atomic E-state index is -3.71. The summed E-state index contributed by atoms with van der Waals surface area (Å²) in [6, 6.07) is 0.674. The van der Waals surface area contributed by atoms with Gasteiger partial charge >= 0.3 is 5.97 Å². The summed E-state index contributed by atoms with van der Waals surface area (Å²) in [4.78, 5) is 10.4. The predicted molar refractivity (Wildman–Crippen MR) is 55.2 cm³/mol. The van der Waals surface area contributed by atoms with Crippen molar-refractivity contribution in [3.8, 4) is 0 Å². The lowest BCUT2D eigenvalue weighted by Crippen LogP contribution is -2.35. The molecule has 7 nitrogen and oxygen atoms in total. The van der Waals surface area contributed by atoms with E-state index >= 15 is 0 Å². The number of carboxylic acid groups (broad SMARTS) is 1. The Morgan fingerprint density at radius 3 is 2.75 bits per heavy atom. The van der Waals surface area contributed by atoms with E-state index in [0.29, 0.717) is 0 Å². The van der Waals surface area contributed by atoms with Gasteiger partial charge in [-0.1, -0.05) is 0 Å². The minimum Gasteiger partial charge on any atom is -0.481 e. The third-order valence-electron chi connectivity index (χ3n) is 1.89. The quantitative estimate of drug-likeness (QED) is 0.734. The predicted octanol–water partition coefficient (Wildman–Crippen LogP) is -0.438. The van der Waals surface area contributed by atoms with Crippen LogP contribution in [-0.4, -0.2) is 35.3 Å². The summed E-state index contributed by atoms with van der Waals surface area (Å²) in [5.74, 6) is -1.06. The van der Waals surface area contributed by atoms with E-state index in [1.54, 1.807) is 0 Å². The van der Waals surface area contributed by atoms with Gasteiger partial charge in [0.05, 0.1) is 12.6 Å². The average Bonchev–Trinajstić information content (AvgIpc) is 2.48. The second-order valence-electron chi connectivity index (χ2n) is 3.41. The van der Waals surface area contributed by atoms with Gasteiger partial charge in [-0.15, -0.1) is 0 Å². The number of sulfonamides is 1. The van der Waals surface area contributed by atoms with Crippen LogP contribution in [0.15, 0.2) is 17.3 Å². The van der Waals surface area contributed by atoms with Gasteiger partial charge in [0.15, 0.2) is 5.03 Å². The minimum absolute atomic E-state index is 0.00439. The summed E-state index contributed by atoms with van der Waals surface area (Å²) >= 11 is 0. The molecule has 90 valence electrons. The molecule has 1 atom stereocenters. The second kappa shape index (κ2) is 4.62. The van der Waals surface area contributed by atoms with Gasteiger partial charge in [0.25, 0.3) is 10.0 Å². The van der Waals surface area contributed by atoms with Gasteiger partial charge in [-0.3, -0.25) is 9.48 Å². The first-order valence-corrected chi connectivity index (χ1v) is 6.03. The number of nitrogens with one attached hydrogen (secondary N) is 1. The van der Waals surface area contributed by atoms with Gasteiger partial charge in [-0.25, -0.2) is 13.1 Å². The molecule has 0 saturated heterocycles. The van der Waals surface area contributed by atoms with Crippen LogP contribution in [0.1, 0.15) is 13.3 Å². The van der Waals surface area contributed by atoms with Gasteiger partial charge in [-0.2, -0.15) is 5.10 Å². The fraction of sp³-hybridized carbons (Fsp3) is 0.500. The van der Waals surface area contributed by atoms with Crippen molar-refractivity contribution in [2.24, 2.45) is 7.05 Å². The van der Waals surface area contributed by atoms with E-state index < -0.39 is 22.0 Å². The molecule has 0 aliphatic rings. The Balaban J connectivity index is 2.81. The number of aromatic nitrogens is 2. The number of rotatable bonds is 5. The van der Waals surface area contributed by atoms with Gasteiger partial charge in [-0.05, 0) is 13.0 Å². The summed E-state index contributed by atoms with van der Waals surface area (Å²) in [7, 11) is -2.21. The highest BCUT2D eigenvalue weighted by Crippen LogP contribution is 2.07. The van der Waals surface area contributed by atoms with Crippen LogP contribution >= 0.6 is 0 Å². The number of aliphatic carboxylic acids is 1. The number of hydrogen-bond donors (Lipinski definition) is 2. The van der Waals surface area contributed by atoms with E-state index in [-0.39, 0.29) is 11.4 Å². The molecule has 1 aromatic rings. The second-order valence-corrected chi connectivity index (χ2v) is 5.07. The molecular weight excluding hydrogens is 234 g/mol. The molecule has 0 aliphatic carbocycles. The molecule has 8 heteroatoms. The van der Waals surface area contributed by atoms with Crippen molar-refractivity contribution in [1.29, 1.82) is 0 Å². The first-order chi connectivity index (χ1) is 7.33. The average molecular weight is 247 g/mol. The lowest BCUT2D eigenvalue weighted by Gasteiger charge is -2.11. The Morgan fingerprint density at radius 2 is 2.31 bits per heavy atom. The summed E-state index contributed by atoms with van der Waals surface area (Å²) in [6.07, 6.45) is 1.09. The molecule has 1 heterocycles. The lowest BCUT2D eigenvalue weighted by molar-refractivity contribution is -0.137. The molecule has 0 aromatic carbocycles. The van der Waals surface area contributed by atoms with Gasteiger partial charge in [0, 0.05) is 13.1 Å². The summed E-state index contributed by atoms with van der Waals surface area (Å²) in [5, 5.41) is 12.3. The molecule has 16 heavy (non-hydrogen) atoms. The van der Waals surface area contributed by atoms with Crippen molar-refractivity contribution in [1.82, 2.24) is 14.5 Å². The summed E-state index contributed by atoms with van der Waals surface area (Å²) in [6.45, 7) is 1.49. The first kappa shape index (κ1) is 12.7. The SMILES string of the molecule is CC(CC(=O)O)NS(=O)(=O)c1ccnn1C. The molecule has 0 spiro atoms. The van der Waals surface area contributed by atoms with E-state index in [9.17, 15) is 13.2 Å². The van der Waals surface area contributed by atoms with Crippen LogP contribution in [0.3, 0.4) is 0 Å². The highest BCUT2D eigenvalue weighted by atomic mass is 32.2. The molecule has 0 amide bonds. The molecular formula is C8H13N3O4S. The van der Waals surface area contributed by atoms with Gasteiger partial charge in [0.2, 0.25) is 0 Å². The molecule has 0 bridgehead atoms. The molecule has 0 radical (unpaired) electrons. The van der Waals surface area contributed by atoms with Crippen LogP contribution in [0.4, 0.5) is 0 Å². The van der Waals surface area contributed by atoms with Crippen LogP contribution in [0, 0.1) is 0 Å². The van der Waals surface area contributed by atoms with Gasteiger partial charge < -0.3 is 5.11 Å². The van der Waals surface area contributed by atoms with E-state index in [0.717, 1.165) is 0 Å². The molecule has 1 aromatic heterocycles. The molecule has 2 N–H and O–H groups in total. The smallest absolute Gasteiger partial charge is 0.304 e. The Hall–Kier alpha value is -1.41. The van der Waals surface area contributed by atoms with Gasteiger partial charge in [0.1, 0.15) is 0 Å². The number of hydrogen-bond acceptors (Lipinski definition) is 4. The van der Waals surface area contributed by atoms with Crippen molar-refractivity contribution < 1.29 is 18.3 Å². The van der Waals surface area contributed by atoms with Crippen LogP contribution in [0.25, 0.3) is 0 Å². The molecule has 1 unspecified atom stereocenters. The zero-order valence-corrected chi connectivity index (χ0v) is 9.73. The van der Waals surface area contributed by atoms with Crippen LogP contribution in [0.5, 0.6) is 0 Å². The third-order valence-corrected chi connectivity index (χ3v) is 3.55. The van der Waals surface area contributed by atoms with E-state index in [1.165, 1.54) is 30.9 Å². The van der Waals surface area contributed by atoms with E-state index in [1.807, 2.05) is 0 Å². The molecule has 0 fully saturated rings. The lowest BCUT2D eigenvalue weighted by atomic mass is 10.3. The molecule has 0 aliphatic heterocycles. The van der Waals surface area contributed by atoms with Crippen molar-refractivity contribution in [3.05, 3.63) is 12.3 Å². The normalized spacial score (nSPS) is 13.6. The van der Waals surface area contributed by atoms with Crippen LogP contribution in [0.2, 0.25) is 0 Å². The maximum absolute atomic E-state index is 11.7. The fourth-order valence-corrected chi connectivity index (χ4v) is 2.62. The zero-order chi connectivity index (χ0) is 12.3. The van der Waals surface area contributed by atoms with E-state index in [4.69, 9.17) is 5.11 Å². The van der Waals surface area contributed by atoms with E-state index in [2.05, 4.69) is 9.82 Å². The highest BCUT2D eigenvalue weighted by molar-refractivity contribution is 7.89. The first-order valence-electron chi connectivity index (χ1n) is 4.55. The third kappa shape index (κ3) is 3.04. The number of aryl methyl sites for hydroxylation is 1. The van der Waals surface area contributed by atoms with Crippen molar-refractivity contribution >= 4 is 16.0 Å².